The molecular weight excluding hydrogens is 441 g/mol. The summed E-state index contributed by atoms with van der Waals surface area (Å²) >= 11 is 0. The Bertz CT molecular complexity index is 1190. The molecule has 1 amide bonds. The predicted molar refractivity (Wildman–Crippen MR) is 119 cm³/mol. The Hall–Kier alpha value is -3.75. The number of amides is 1. The number of carbonyl (C=O) groups excluding carboxylic acids is 2. The molecule has 0 radical (unpaired) electrons. The third kappa shape index (κ3) is 4.78. The molecule has 9 heteroatoms. The lowest BCUT2D eigenvalue weighted by Crippen LogP contribution is -2.40. The highest BCUT2D eigenvalue weighted by molar-refractivity contribution is 5.98. The Morgan fingerprint density at radius 1 is 1.00 bits per heavy atom. The van der Waals surface area contributed by atoms with Gasteiger partial charge in [0, 0.05) is 43.0 Å². The first-order valence-corrected chi connectivity index (χ1v) is 11.4. The van der Waals surface area contributed by atoms with E-state index in [1.807, 2.05) is 0 Å². The maximum Gasteiger partial charge on any atom is 0.227 e. The van der Waals surface area contributed by atoms with E-state index < -0.39 is 0 Å². The molecule has 1 aromatic heterocycles. The van der Waals surface area contributed by atoms with Gasteiger partial charge in [0.05, 0.1) is 0 Å². The number of halogens is 1. The van der Waals surface area contributed by atoms with Gasteiger partial charge in [-0.15, -0.1) is 0 Å². The first kappa shape index (κ1) is 22.1. The summed E-state index contributed by atoms with van der Waals surface area (Å²) in [5.74, 6) is 1.59. The van der Waals surface area contributed by atoms with Gasteiger partial charge in [-0.2, -0.15) is 4.98 Å². The van der Waals surface area contributed by atoms with Crippen molar-refractivity contribution in [2.24, 2.45) is 5.92 Å². The number of hydrogen-bond donors (Lipinski definition) is 0. The number of nitrogens with zero attached hydrogens (tertiary/aromatic N) is 3. The minimum absolute atomic E-state index is 0.00763. The Labute approximate surface area is 195 Å². The quantitative estimate of drug-likeness (QED) is 0.512. The van der Waals surface area contributed by atoms with Crippen LogP contribution in [-0.2, 0) is 11.2 Å². The van der Waals surface area contributed by atoms with E-state index in [9.17, 15) is 14.0 Å². The van der Waals surface area contributed by atoms with Crippen LogP contribution in [0.25, 0.3) is 11.4 Å². The topological polar surface area (TPSA) is 94.8 Å². The molecule has 176 valence electrons. The number of aryl methyl sites for hydroxylation is 1. The summed E-state index contributed by atoms with van der Waals surface area (Å²) in [4.78, 5) is 31.7. The number of piperidine rings is 1. The third-order valence-corrected chi connectivity index (χ3v) is 6.17. The van der Waals surface area contributed by atoms with Gasteiger partial charge in [0.15, 0.2) is 17.3 Å². The fourth-order valence-corrected chi connectivity index (χ4v) is 4.27. The minimum atomic E-state index is -0.338. The molecule has 3 aromatic rings. The maximum absolute atomic E-state index is 13.1. The summed E-state index contributed by atoms with van der Waals surface area (Å²) in [5, 5.41) is 3.90. The zero-order chi connectivity index (χ0) is 23.5. The van der Waals surface area contributed by atoms with Crippen molar-refractivity contribution in [2.45, 2.75) is 25.7 Å². The average Bonchev–Trinajstić information content (AvgIpc) is 3.36. The number of fused-ring (bicyclic) bond motifs is 1. The smallest absolute Gasteiger partial charge is 0.227 e. The molecule has 0 N–H and O–H groups in total. The van der Waals surface area contributed by atoms with Crippen LogP contribution in [0.3, 0.4) is 0 Å². The van der Waals surface area contributed by atoms with E-state index in [1.54, 1.807) is 35.2 Å². The fourth-order valence-electron chi connectivity index (χ4n) is 4.27. The molecule has 5 rings (SSSR count). The van der Waals surface area contributed by atoms with Crippen molar-refractivity contribution in [2.75, 3.05) is 26.3 Å². The molecule has 2 aliphatic rings. The maximum atomic E-state index is 13.1. The molecule has 0 atom stereocenters. The summed E-state index contributed by atoms with van der Waals surface area (Å²) < 4.78 is 29.4. The number of hydrogen-bond acceptors (Lipinski definition) is 7. The van der Waals surface area contributed by atoms with Crippen LogP contribution in [0.1, 0.15) is 35.5 Å². The SMILES string of the molecule is O=C(c1ccc2c(c1)OCCO2)C1CCN(C(=O)CCc2nc(-c3ccc(F)cc3)no2)CC1. The summed E-state index contributed by atoms with van der Waals surface area (Å²) in [6, 6.07) is 11.1. The van der Waals surface area contributed by atoms with Gasteiger partial charge >= 0.3 is 0 Å². The van der Waals surface area contributed by atoms with E-state index in [0.29, 0.717) is 79.9 Å². The third-order valence-electron chi connectivity index (χ3n) is 6.17. The second-order valence-corrected chi connectivity index (χ2v) is 8.40. The highest BCUT2D eigenvalue weighted by Crippen LogP contribution is 2.32. The van der Waals surface area contributed by atoms with Gasteiger partial charge in [-0.1, -0.05) is 5.16 Å². The number of aromatic nitrogens is 2. The summed E-state index contributed by atoms with van der Waals surface area (Å²) in [5.41, 5.74) is 1.26. The van der Waals surface area contributed by atoms with E-state index in [1.165, 1.54) is 12.1 Å². The monoisotopic (exact) mass is 465 g/mol. The van der Waals surface area contributed by atoms with Gasteiger partial charge in [0.2, 0.25) is 17.6 Å². The van der Waals surface area contributed by atoms with Crippen LogP contribution >= 0.6 is 0 Å². The molecule has 2 aromatic carbocycles. The molecule has 0 aliphatic carbocycles. The van der Waals surface area contributed by atoms with Gasteiger partial charge in [-0.25, -0.2) is 4.39 Å². The molecule has 2 aliphatic heterocycles. The minimum Gasteiger partial charge on any atom is -0.486 e. The number of likely N-dealkylation sites (tertiary alicyclic amines) is 1. The van der Waals surface area contributed by atoms with E-state index >= 15 is 0 Å². The van der Waals surface area contributed by atoms with E-state index in [0.717, 1.165) is 0 Å². The van der Waals surface area contributed by atoms with Crippen molar-refractivity contribution >= 4 is 11.7 Å². The Morgan fingerprint density at radius 2 is 1.74 bits per heavy atom. The van der Waals surface area contributed by atoms with E-state index in [4.69, 9.17) is 14.0 Å². The Morgan fingerprint density at radius 3 is 2.50 bits per heavy atom. The number of rotatable bonds is 6. The van der Waals surface area contributed by atoms with Crippen molar-refractivity contribution in [3.63, 3.8) is 0 Å². The van der Waals surface area contributed by atoms with Crippen LogP contribution < -0.4 is 9.47 Å². The highest BCUT2D eigenvalue weighted by atomic mass is 19.1. The average molecular weight is 465 g/mol. The van der Waals surface area contributed by atoms with Crippen molar-refractivity contribution in [3.05, 3.63) is 59.7 Å². The highest BCUT2D eigenvalue weighted by Gasteiger charge is 2.29. The summed E-state index contributed by atoms with van der Waals surface area (Å²) in [7, 11) is 0. The predicted octanol–water partition coefficient (Wildman–Crippen LogP) is 3.70. The lowest BCUT2D eigenvalue weighted by Gasteiger charge is -2.31. The molecular formula is C25H24FN3O5. The first-order valence-electron chi connectivity index (χ1n) is 11.4. The molecule has 34 heavy (non-hydrogen) atoms. The molecule has 0 spiro atoms. The van der Waals surface area contributed by atoms with Crippen LogP contribution in [0.15, 0.2) is 47.0 Å². The number of benzene rings is 2. The van der Waals surface area contributed by atoms with Gasteiger partial charge < -0.3 is 18.9 Å². The molecule has 8 nitrogen and oxygen atoms in total. The number of carbonyl (C=O) groups is 2. The molecule has 0 saturated carbocycles. The second-order valence-electron chi connectivity index (χ2n) is 8.40. The van der Waals surface area contributed by atoms with Crippen LogP contribution in [0.2, 0.25) is 0 Å². The van der Waals surface area contributed by atoms with Gasteiger partial charge in [0.1, 0.15) is 19.0 Å². The van der Waals surface area contributed by atoms with Crippen molar-refractivity contribution in [3.8, 4) is 22.9 Å². The first-order chi connectivity index (χ1) is 16.6. The molecule has 1 fully saturated rings. The standard InChI is InChI=1S/C25H24FN3O5/c26-19-4-1-17(2-5-19)25-27-22(34-28-25)7-8-23(30)29-11-9-16(10-12-29)24(31)18-3-6-20-21(15-18)33-14-13-32-20/h1-6,15-16H,7-14H2. The lowest BCUT2D eigenvalue weighted by atomic mass is 9.88. The fraction of sp³-hybridized carbons (Fsp3) is 0.360. The molecule has 3 heterocycles. The lowest BCUT2D eigenvalue weighted by molar-refractivity contribution is -0.132. The normalized spacial score (nSPS) is 15.9. The largest absolute Gasteiger partial charge is 0.486 e. The van der Waals surface area contributed by atoms with Crippen LogP contribution in [-0.4, -0.2) is 53.0 Å². The van der Waals surface area contributed by atoms with Crippen LogP contribution in [0.4, 0.5) is 4.39 Å². The Kier molecular flexibility index (Phi) is 6.24. The van der Waals surface area contributed by atoms with E-state index in [-0.39, 0.29) is 29.8 Å². The summed E-state index contributed by atoms with van der Waals surface area (Å²) in [6.07, 6.45) is 1.80. The molecule has 1 saturated heterocycles. The second kappa shape index (κ2) is 9.62. The molecule has 0 unspecified atom stereocenters. The molecule has 0 bridgehead atoms. The van der Waals surface area contributed by atoms with Gasteiger partial charge in [-0.05, 0) is 55.3 Å². The zero-order valence-electron chi connectivity index (χ0n) is 18.5. The van der Waals surface area contributed by atoms with Gasteiger partial charge in [-0.3, -0.25) is 9.59 Å². The van der Waals surface area contributed by atoms with Gasteiger partial charge in [0.25, 0.3) is 0 Å². The Balaban J connectivity index is 1.11. The number of ketones is 1. The summed E-state index contributed by atoms with van der Waals surface area (Å²) in [6.45, 7) is 2.05. The number of Topliss-reactive ketones (excluding diaryl/α,β-unsaturated/α-hetero) is 1. The van der Waals surface area contributed by atoms with Crippen LogP contribution in [0, 0.1) is 11.7 Å². The zero-order valence-corrected chi connectivity index (χ0v) is 18.5. The number of ether oxygens (including phenoxy) is 2. The van der Waals surface area contributed by atoms with Crippen LogP contribution in [0.5, 0.6) is 11.5 Å². The van der Waals surface area contributed by atoms with Crippen molar-refractivity contribution in [1.82, 2.24) is 15.0 Å². The van der Waals surface area contributed by atoms with Crippen molar-refractivity contribution < 1.29 is 28.0 Å². The van der Waals surface area contributed by atoms with Crippen molar-refractivity contribution in [1.29, 1.82) is 0 Å². The van der Waals surface area contributed by atoms with E-state index in [2.05, 4.69) is 10.1 Å².